The molecule has 2 atom stereocenters. The van der Waals surface area contributed by atoms with Gasteiger partial charge in [0.1, 0.15) is 0 Å². The van der Waals surface area contributed by atoms with Gasteiger partial charge in [0.05, 0.1) is 0 Å². The highest BCUT2D eigenvalue weighted by Gasteiger charge is 2.40. The molecule has 0 spiro atoms. The van der Waals surface area contributed by atoms with Gasteiger partial charge in [-0.15, -0.1) is 0 Å². The van der Waals surface area contributed by atoms with Crippen molar-refractivity contribution in [3.63, 3.8) is 0 Å². The predicted octanol–water partition coefficient (Wildman–Crippen LogP) is 0.418. The molecule has 0 aromatic carbocycles. The van der Waals surface area contributed by atoms with E-state index in [4.69, 9.17) is 11.5 Å². The van der Waals surface area contributed by atoms with E-state index in [-0.39, 0.29) is 29.8 Å². The Morgan fingerprint density at radius 1 is 1.22 bits per heavy atom. The molecule has 0 heterocycles. The molecule has 0 saturated heterocycles. The fourth-order valence-electron chi connectivity index (χ4n) is 3.19. The molecule has 18 heavy (non-hydrogen) atoms. The fraction of sp³-hybridized carbons (Fsp3) is 0.846. The lowest BCUT2D eigenvalue weighted by Gasteiger charge is -2.42. The molecule has 0 aliphatic heterocycles. The van der Waals surface area contributed by atoms with E-state index < -0.39 is 0 Å². The van der Waals surface area contributed by atoms with Crippen molar-refractivity contribution in [2.24, 2.45) is 17.4 Å². The Morgan fingerprint density at radius 2 is 1.94 bits per heavy atom. The Bertz CT molecular complexity index is 339. The van der Waals surface area contributed by atoms with Crippen LogP contribution < -0.4 is 16.8 Å². The highest BCUT2D eigenvalue weighted by Crippen LogP contribution is 2.35. The second-order valence-electron chi connectivity index (χ2n) is 5.88. The summed E-state index contributed by atoms with van der Waals surface area (Å²) in [4.78, 5) is 23.1. The molecule has 5 heteroatoms. The highest BCUT2D eigenvalue weighted by atomic mass is 16.2. The Morgan fingerprint density at radius 3 is 2.39 bits per heavy atom. The highest BCUT2D eigenvalue weighted by molar-refractivity contribution is 5.80. The zero-order valence-corrected chi connectivity index (χ0v) is 10.8. The van der Waals surface area contributed by atoms with Crippen molar-refractivity contribution in [2.45, 2.75) is 62.9 Å². The maximum Gasteiger partial charge on any atom is 0.220 e. The lowest BCUT2D eigenvalue weighted by molar-refractivity contribution is -0.127. The normalized spacial score (nSPS) is 29.6. The molecule has 2 fully saturated rings. The van der Waals surface area contributed by atoms with Crippen LogP contribution in [0.15, 0.2) is 0 Å². The number of rotatable bonds is 5. The van der Waals surface area contributed by atoms with Gasteiger partial charge in [0.15, 0.2) is 0 Å². The number of hydrogen-bond donors (Lipinski definition) is 3. The molecule has 0 aromatic rings. The summed E-state index contributed by atoms with van der Waals surface area (Å²) in [7, 11) is 0. The van der Waals surface area contributed by atoms with Crippen molar-refractivity contribution < 1.29 is 9.59 Å². The molecule has 2 rings (SSSR count). The van der Waals surface area contributed by atoms with Gasteiger partial charge in [0.25, 0.3) is 0 Å². The summed E-state index contributed by atoms with van der Waals surface area (Å²) in [6, 6.07) is 0.157. The average molecular weight is 253 g/mol. The van der Waals surface area contributed by atoms with E-state index in [0.29, 0.717) is 12.3 Å². The standard InChI is InChI=1S/C13H23N3O2/c14-10-4-1-3-9(10)7-12(18)16-13(5-2-6-13)8-11(15)17/h9-10H,1-8,14H2,(H2,15,17)(H,16,18)/t9-,10+/m0/s1. The number of nitrogens with two attached hydrogens (primary N) is 2. The van der Waals surface area contributed by atoms with Gasteiger partial charge in [-0.25, -0.2) is 0 Å². The molecule has 2 aliphatic rings. The molecule has 2 aliphatic carbocycles. The number of nitrogens with one attached hydrogen (secondary N) is 1. The molecule has 0 bridgehead atoms. The number of carbonyl (C=O) groups is 2. The van der Waals surface area contributed by atoms with Gasteiger partial charge >= 0.3 is 0 Å². The Kier molecular flexibility index (Phi) is 3.90. The molecule has 0 radical (unpaired) electrons. The summed E-state index contributed by atoms with van der Waals surface area (Å²) in [6.45, 7) is 0. The first-order valence-corrected chi connectivity index (χ1v) is 6.86. The molecule has 5 N–H and O–H groups in total. The van der Waals surface area contributed by atoms with E-state index in [9.17, 15) is 9.59 Å². The maximum absolute atomic E-state index is 12.0. The maximum atomic E-state index is 12.0. The van der Waals surface area contributed by atoms with Crippen LogP contribution in [-0.4, -0.2) is 23.4 Å². The van der Waals surface area contributed by atoms with Gasteiger partial charge < -0.3 is 16.8 Å². The molecular weight excluding hydrogens is 230 g/mol. The van der Waals surface area contributed by atoms with Crippen LogP contribution in [-0.2, 0) is 9.59 Å². The van der Waals surface area contributed by atoms with Crippen LogP contribution in [0.25, 0.3) is 0 Å². The summed E-state index contributed by atoms with van der Waals surface area (Å²) in [5, 5.41) is 3.01. The molecule has 5 nitrogen and oxygen atoms in total. The third-order valence-corrected chi connectivity index (χ3v) is 4.39. The van der Waals surface area contributed by atoms with Crippen molar-refractivity contribution in [3.8, 4) is 0 Å². The largest absolute Gasteiger partial charge is 0.370 e. The first-order valence-electron chi connectivity index (χ1n) is 6.86. The first-order chi connectivity index (χ1) is 8.51. The minimum atomic E-state index is -0.356. The van der Waals surface area contributed by atoms with E-state index in [2.05, 4.69) is 5.32 Å². The summed E-state index contributed by atoms with van der Waals surface area (Å²) in [5.74, 6) is -0.0124. The summed E-state index contributed by atoms with van der Waals surface area (Å²) >= 11 is 0. The van der Waals surface area contributed by atoms with Crippen molar-refractivity contribution in [1.82, 2.24) is 5.32 Å². The Labute approximate surface area is 108 Å². The average Bonchev–Trinajstić information content (AvgIpc) is 2.60. The van der Waals surface area contributed by atoms with E-state index in [1.165, 1.54) is 0 Å². The van der Waals surface area contributed by atoms with E-state index in [1.807, 2.05) is 0 Å². The van der Waals surface area contributed by atoms with E-state index in [0.717, 1.165) is 38.5 Å². The molecule has 0 unspecified atom stereocenters. The van der Waals surface area contributed by atoms with Gasteiger partial charge in [-0.3, -0.25) is 9.59 Å². The number of carbonyl (C=O) groups excluding carboxylic acids is 2. The zero-order valence-electron chi connectivity index (χ0n) is 10.8. The van der Waals surface area contributed by atoms with Crippen LogP contribution in [0.2, 0.25) is 0 Å². The van der Waals surface area contributed by atoms with Crippen LogP contribution in [0.1, 0.15) is 51.4 Å². The van der Waals surface area contributed by atoms with Gasteiger partial charge in [-0.05, 0) is 38.0 Å². The van der Waals surface area contributed by atoms with Gasteiger partial charge in [-0.1, -0.05) is 6.42 Å². The van der Waals surface area contributed by atoms with Gasteiger partial charge in [0, 0.05) is 24.4 Å². The first kappa shape index (κ1) is 13.3. The molecule has 0 aromatic heterocycles. The van der Waals surface area contributed by atoms with Gasteiger partial charge in [-0.2, -0.15) is 0 Å². The van der Waals surface area contributed by atoms with Crippen molar-refractivity contribution in [3.05, 3.63) is 0 Å². The topological polar surface area (TPSA) is 98.2 Å². The molecule has 2 saturated carbocycles. The lowest BCUT2D eigenvalue weighted by Crippen LogP contribution is -2.55. The fourth-order valence-corrected chi connectivity index (χ4v) is 3.19. The molecule has 102 valence electrons. The van der Waals surface area contributed by atoms with E-state index in [1.54, 1.807) is 0 Å². The summed E-state index contributed by atoms with van der Waals surface area (Å²) < 4.78 is 0. The van der Waals surface area contributed by atoms with Crippen LogP contribution >= 0.6 is 0 Å². The third kappa shape index (κ3) is 3.02. The SMILES string of the molecule is NC(=O)CC1(NC(=O)C[C@@H]2CCC[C@H]2N)CCC1. The second-order valence-corrected chi connectivity index (χ2v) is 5.88. The van der Waals surface area contributed by atoms with Crippen molar-refractivity contribution in [1.29, 1.82) is 0 Å². The van der Waals surface area contributed by atoms with Crippen molar-refractivity contribution >= 4 is 11.8 Å². The monoisotopic (exact) mass is 253 g/mol. The number of hydrogen-bond acceptors (Lipinski definition) is 3. The Balaban J connectivity index is 1.84. The Hall–Kier alpha value is -1.10. The van der Waals surface area contributed by atoms with Crippen LogP contribution in [0.3, 0.4) is 0 Å². The minimum Gasteiger partial charge on any atom is -0.370 e. The van der Waals surface area contributed by atoms with E-state index >= 15 is 0 Å². The van der Waals surface area contributed by atoms with Crippen LogP contribution in [0.5, 0.6) is 0 Å². The van der Waals surface area contributed by atoms with Gasteiger partial charge in [0.2, 0.25) is 11.8 Å². The molecular formula is C13H23N3O2. The number of primary amides is 1. The third-order valence-electron chi connectivity index (χ3n) is 4.39. The summed E-state index contributed by atoms with van der Waals surface area (Å²) in [5.41, 5.74) is 10.8. The van der Waals surface area contributed by atoms with Crippen molar-refractivity contribution in [2.75, 3.05) is 0 Å². The smallest absolute Gasteiger partial charge is 0.220 e. The number of amides is 2. The summed E-state index contributed by atoms with van der Waals surface area (Å²) in [6.07, 6.45) is 6.69. The van der Waals surface area contributed by atoms with Crippen LogP contribution in [0, 0.1) is 5.92 Å². The predicted molar refractivity (Wildman–Crippen MR) is 68.5 cm³/mol. The zero-order chi connectivity index (χ0) is 13.2. The quantitative estimate of drug-likeness (QED) is 0.662. The van der Waals surface area contributed by atoms with Crippen LogP contribution in [0.4, 0.5) is 0 Å². The lowest BCUT2D eigenvalue weighted by atomic mass is 9.74. The minimum absolute atomic E-state index is 0.0262. The second kappa shape index (κ2) is 5.26. The molecule has 2 amide bonds.